The van der Waals surface area contributed by atoms with E-state index in [1.54, 1.807) is 6.92 Å². The summed E-state index contributed by atoms with van der Waals surface area (Å²) >= 11 is 0. The van der Waals surface area contributed by atoms with Crippen molar-refractivity contribution in [3.8, 4) is 0 Å². The van der Waals surface area contributed by atoms with Gasteiger partial charge in [0.2, 0.25) is 0 Å². The molecular formula is C7H11N5O5. The maximum Gasteiger partial charge on any atom is 0.601 e. The molecule has 17 heavy (non-hydrogen) atoms. The smallest absolute Gasteiger partial charge is 0.372 e. The molecule has 0 bridgehead atoms. The van der Waals surface area contributed by atoms with Gasteiger partial charge in [0.15, 0.2) is 5.72 Å². The summed E-state index contributed by atoms with van der Waals surface area (Å²) in [6.45, 7) is 2.87. The van der Waals surface area contributed by atoms with Crippen molar-refractivity contribution in [2.75, 3.05) is 0 Å². The fourth-order valence-electron chi connectivity index (χ4n) is 1.54. The molecule has 0 aliphatic carbocycles. The standard InChI is InChI=1S/C7H11N5O5/c1-4-3-7(2,13)10(9-4)5(8)6(11(14)15)12(16)17/h13H,3,8H2,1-2H3. The lowest BCUT2D eigenvalue weighted by molar-refractivity contribution is -0.618. The molecule has 0 saturated carbocycles. The van der Waals surface area contributed by atoms with Gasteiger partial charge in [-0.25, -0.2) is 5.01 Å². The average Bonchev–Trinajstić information content (AvgIpc) is 2.37. The summed E-state index contributed by atoms with van der Waals surface area (Å²) < 4.78 is 0. The van der Waals surface area contributed by atoms with Crippen LogP contribution in [0.25, 0.3) is 0 Å². The Balaban J connectivity index is 3.27. The number of rotatable bonds is 3. The minimum Gasteiger partial charge on any atom is -0.372 e. The predicted octanol–water partition coefficient (Wildman–Crippen LogP) is -0.585. The zero-order valence-corrected chi connectivity index (χ0v) is 9.15. The highest BCUT2D eigenvalue weighted by Crippen LogP contribution is 2.28. The Bertz CT molecular complexity index is 424. The van der Waals surface area contributed by atoms with Crippen LogP contribution in [-0.2, 0) is 0 Å². The average molecular weight is 245 g/mol. The van der Waals surface area contributed by atoms with Crippen molar-refractivity contribution < 1.29 is 15.0 Å². The molecule has 0 aromatic rings. The highest BCUT2D eigenvalue weighted by atomic mass is 16.7. The van der Waals surface area contributed by atoms with Gasteiger partial charge in [-0.1, -0.05) is 0 Å². The minimum atomic E-state index is -1.61. The highest BCUT2D eigenvalue weighted by molar-refractivity contribution is 5.84. The Morgan fingerprint density at radius 2 is 2.00 bits per heavy atom. The van der Waals surface area contributed by atoms with E-state index in [1.165, 1.54) is 6.92 Å². The van der Waals surface area contributed by atoms with Gasteiger partial charge in [0.05, 0.1) is 0 Å². The van der Waals surface area contributed by atoms with Gasteiger partial charge in [-0.05, 0) is 13.8 Å². The molecule has 1 unspecified atom stereocenters. The third-order valence-corrected chi connectivity index (χ3v) is 2.12. The van der Waals surface area contributed by atoms with Crippen LogP contribution in [0.3, 0.4) is 0 Å². The number of hydrogen-bond acceptors (Lipinski definition) is 8. The molecule has 10 heteroatoms. The van der Waals surface area contributed by atoms with Crippen LogP contribution in [0.5, 0.6) is 0 Å². The van der Waals surface area contributed by atoms with Crippen LogP contribution in [0, 0.1) is 20.2 Å². The Kier molecular flexibility index (Phi) is 3.00. The van der Waals surface area contributed by atoms with Crippen molar-refractivity contribution in [3.05, 3.63) is 31.9 Å². The summed E-state index contributed by atoms with van der Waals surface area (Å²) in [5.41, 5.74) is 4.17. The van der Waals surface area contributed by atoms with Crippen LogP contribution in [0.4, 0.5) is 0 Å². The lowest BCUT2D eigenvalue weighted by Crippen LogP contribution is -2.42. The van der Waals surface area contributed by atoms with Crippen molar-refractivity contribution in [1.82, 2.24) is 5.01 Å². The summed E-state index contributed by atoms with van der Waals surface area (Å²) in [5, 5.41) is 35.3. The van der Waals surface area contributed by atoms with Crippen LogP contribution in [0.15, 0.2) is 16.7 Å². The van der Waals surface area contributed by atoms with E-state index in [-0.39, 0.29) is 6.42 Å². The van der Waals surface area contributed by atoms with E-state index < -0.39 is 27.2 Å². The first-order valence-electron chi connectivity index (χ1n) is 4.52. The molecule has 1 heterocycles. The fourth-order valence-corrected chi connectivity index (χ4v) is 1.54. The second-order valence-electron chi connectivity index (χ2n) is 3.76. The van der Waals surface area contributed by atoms with Gasteiger partial charge in [-0.3, -0.25) is 20.2 Å². The quantitative estimate of drug-likeness (QED) is 0.498. The molecule has 1 aliphatic rings. The number of hydrazone groups is 1. The Hall–Kier alpha value is -2.23. The molecule has 10 nitrogen and oxygen atoms in total. The third-order valence-electron chi connectivity index (χ3n) is 2.12. The molecule has 0 amide bonds. The SMILES string of the molecule is CC1=NN(C(N)=C([N+](=O)[O-])[N+](=O)[O-])C(C)(O)C1. The van der Waals surface area contributed by atoms with Gasteiger partial charge in [0.25, 0.3) is 5.82 Å². The topological polar surface area (TPSA) is 148 Å². The zero-order chi connectivity index (χ0) is 13.4. The van der Waals surface area contributed by atoms with Gasteiger partial charge < -0.3 is 10.8 Å². The first-order chi connectivity index (χ1) is 7.66. The summed E-state index contributed by atoms with van der Waals surface area (Å²) in [6.07, 6.45) is 0.0937. The van der Waals surface area contributed by atoms with E-state index >= 15 is 0 Å². The minimum absolute atomic E-state index is 0.0937. The Morgan fingerprint density at radius 3 is 2.29 bits per heavy atom. The van der Waals surface area contributed by atoms with E-state index in [2.05, 4.69) is 5.10 Å². The van der Waals surface area contributed by atoms with Crippen LogP contribution in [0.2, 0.25) is 0 Å². The Morgan fingerprint density at radius 1 is 1.53 bits per heavy atom. The summed E-state index contributed by atoms with van der Waals surface area (Å²) in [4.78, 5) is 18.5. The van der Waals surface area contributed by atoms with E-state index in [4.69, 9.17) is 5.73 Å². The van der Waals surface area contributed by atoms with Crippen molar-refractivity contribution >= 4 is 5.71 Å². The number of nitro groups is 2. The maximum atomic E-state index is 10.5. The van der Waals surface area contributed by atoms with Crippen LogP contribution < -0.4 is 5.73 Å². The Labute approximate surface area is 95.3 Å². The summed E-state index contributed by atoms with van der Waals surface area (Å²) in [6, 6.07) is 0. The first-order valence-corrected chi connectivity index (χ1v) is 4.52. The molecule has 94 valence electrons. The molecule has 1 aliphatic heterocycles. The van der Waals surface area contributed by atoms with Gasteiger partial charge in [-0.2, -0.15) is 5.10 Å². The highest BCUT2D eigenvalue weighted by Gasteiger charge is 2.44. The van der Waals surface area contributed by atoms with E-state index in [0.29, 0.717) is 10.7 Å². The molecule has 0 aromatic carbocycles. The van der Waals surface area contributed by atoms with Crippen LogP contribution in [-0.4, -0.2) is 31.4 Å². The molecule has 0 spiro atoms. The van der Waals surface area contributed by atoms with E-state index in [9.17, 15) is 25.3 Å². The monoisotopic (exact) mass is 245 g/mol. The molecule has 0 fully saturated rings. The molecular weight excluding hydrogens is 234 g/mol. The van der Waals surface area contributed by atoms with Crippen LogP contribution in [0.1, 0.15) is 20.3 Å². The normalized spacial score (nSPS) is 23.2. The van der Waals surface area contributed by atoms with Crippen molar-refractivity contribution in [2.45, 2.75) is 26.0 Å². The summed E-state index contributed by atoms with van der Waals surface area (Å²) in [7, 11) is 0. The number of hydrogen-bond donors (Lipinski definition) is 2. The van der Waals surface area contributed by atoms with Crippen molar-refractivity contribution in [2.24, 2.45) is 10.8 Å². The molecule has 1 atom stereocenters. The second kappa shape index (κ2) is 3.97. The predicted molar refractivity (Wildman–Crippen MR) is 55.4 cm³/mol. The molecule has 0 radical (unpaired) electrons. The van der Waals surface area contributed by atoms with Crippen LogP contribution >= 0.6 is 0 Å². The zero-order valence-electron chi connectivity index (χ0n) is 9.15. The molecule has 1 rings (SSSR count). The number of nitrogens with zero attached hydrogens (tertiary/aromatic N) is 4. The van der Waals surface area contributed by atoms with Gasteiger partial charge in [0, 0.05) is 12.1 Å². The van der Waals surface area contributed by atoms with Gasteiger partial charge in [0.1, 0.15) is 9.85 Å². The van der Waals surface area contributed by atoms with Crippen molar-refractivity contribution in [1.29, 1.82) is 0 Å². The van der Waals surface area contributed by atoms with E-state index in [0.717, 1.165) is 0 Å². The first kappa shape index (κ1) is 12.8. The fraction of sp³-hybridized carbons (Fsp3) is 0.571. The number of aliphatic hydroxyl groups is 1. The molecule has 0 aromatic heterocycles. The lowest BCUT2D eigenvalue weighted by atomic mass is 10.1. The summed E-state index contributed by atoms with van der Waals surface area (Å²) in [5.74, 6) is -2.22. The second-order valence-corrected chi connectivity index (χ2v) is 3.76. The third kappa shape index (κ3) is 2.30. The van der Waals surface area contributed by atoms with E-state index in [1.807, 2.05) is 0 Å². The number of nitrogens with two attached hydrogens (primary N) is 1. The largest absolute Gasteiger partial charge is 0.601 e. The van der Waals surface area contributed by atoms with Gasteiger partial charge >= 0.3 is 5.82 Å². The molecule has 3 N–H and O–H groups in total. The lowest BCUT2D eigenvalue weighted by Gasteiger charge is -2.26. The molecule has 0 saturated heterocycles. The van der Waals surface area contributed by atoms with Crippen molar-refractivity contribution in [3.63, 3.8) is 0 Å². The van der Waals surface area contributed by atoms with Gasteiger partial charge in [-0.15, -0.1) is 0 Å². The maximum absolute atomic E-state index is 10.5.